The van der Waals surface area contributed by atoms with Crippen LogP contribution in [0.5, 0.6) is 5.75 Å². The maximum absolute atomic E-state index is 12.8. The van der Waals surface area contributed by atoms with Crippen molar-refractivity contribution in [2.45, 2.75) is 6.54 Å². The maximum Gasteiger partial charge on any atom is 0.279 e. The zero-order valence-electron chi connectivity index (χ0n) is 14.8. The number of benzene rings is 2. The lowest BCUT2D eigenvalue weighted by Crippen LogP contribution is -2.19. The molecule has 0 saturated carbocycles. The molecule has 0 unspecified atom stereocenters. The molecular formula is C19H17N3O3S2. The summed E-state index contributed by atoms with van der Waals surface area (Å²) in [7, 11) is 3.29. The summed E-state index contributed by atoms with van der Waals surface area (Å²) in [6.45, 7) is 1.09. The SMILES string of the molecule is COCCn1c(=NC(=O)c2ccc3ncsc3c2)sc2cccc(OC)c21. The van der Waals surface area contributed by atoms with Gasteiger partial charge < -0.3 is 14.0 Å². The number of hydrogen-bond acceptors (Lipinski definition) is 6. The minimum absolute atomic E-state index is 0.276. The summed E-state index contributed by atoms with van der Waals surface area (Å²) in [6, 6.07) is 11.3. The quantitative estimate of drug-likeness (QED) is 0.513. The van der Waals surface area contributed by atoms with Crippen LogP contribution in [0.25, 0.3) is 20.4 Å². The Morgan fingerprint density at radius 1 is 1.22 bits per heavy atom. The highest BCUT2D eigenvalue weighted by Crippen LogP contribution is 2.27. The number of ether oxygens (including phenoxy) is 2. The lowest BCUT2D eigenvalue weighted by atomic mass is 10.2. The summed E-state index contributed by atoms with van der Waals surface area (Å²) in [6.07, 6.45) is 0. The van der Waals surface area contributed by atoms with Gasteiger partial charge in [0.15, 0.2) is 4.80 Å². The van der Waals surface area contributed by atoms with E-state index in [4.69, 9.17) is 9.47 Å². The van der Waals surface area contributed by atoms with Crippen molar-refractivity contribution < 1.29 is 14.3 Å². The number of hydrogen-bond donors (Lipinski definition) is 0. The fourth-order valence-electron chi connectivity index (χ4n) is 2.88. The molecule has 0 radical (unpaired) electrons. The predicted molar refractivity (Wildman–Crippen MR) is 108 cm³/mol. The van der Waals surface area contributed by atoms with Crippen molar-refractivity contribution in [3.05, 3.63) is 52.3 Å². The van der Waals surface area contributed by atoms with E-state index in [9.17, 15) is 4.79 Å². The van der Waals surface area contributed by atoms with Gasteiger partial charge in [0.1, 0.15) is 11.3 Å². The number of carbonyl (C=O) groups is 1. The summed E-state index contributed by atoms with van der Waals surface area (Å²) in [5.74, 6) is 0.474. The van der Waals surface area contributed by atoms with Gasteiger partial charge in [0.2, 0.25) is 0 Å². The molecule has 0 aliphatic heterocycles. The number of aromatic nitrogens is 2. The number of thiazole rings is 2. The second kappa shape index (κ2) is 7.59. The van der Waals surface area contributed by atoms with Gasteiger partial charge in [-0.2, -0.15) is 4.99 Å². The second-order valence-electron chi connectivity index (χ2n) is 5.79. The standard InChI is InChI=1S/C19H17N3O3S2/c1-24-9-8-22-17-14(25-2)4-3-5-15(17)27-19(22)21-18(23)12-6-7-13-16(10-12)26-11-20-13/h3-7,10-11H,8-9H2,1-2H3. The number of carbonyl (C=O) groups excluding carboxylic acids is 1. The lowest BCUT2D eigenvalue weighted by molar-refractivity contribution is 0.0997. The molecule has 1 amide bonds. The molecule has 2 aromatic heterocycles. The average Bonchev–Trinajstić information content (AvgIpc) is 3.29. The smallest absolute Gasteiger partial charge is 0.279 e. The highest BCUT2D eigenvalue weighted by atomic mass is 32.1. The molecule has 8 heteroatoms. The van der Waals surface area contributed by atoms with Gasteiger partial charge in [0, 0.05) is 19.2 Å². The van der Waals surface area contributed by atoms with Crippen LogP contribution >= 0.6 is 22.7 Å². The fraction of sp³-hybridized carbons (Fsp3) is 0.211. The molecule has 0 saturated heterocycles. The van der Waals surface area contributed by atoms with Crippen molar-refractivity contribution in [3.63, 3.8) is 0 Å². The van der Waals surface area contributed by atoms with Crippen LogP contribution in [0.3, 0.4) is 0 Å². The van der Waals surface area contributed by atoms with Crippen molar-refractivity contribution >= 4 is 49.0 Å². The van der Waals surface area contributed by atoms with Crippen LogP contribution < -0.4 is 9.54 Å². The van der Waals surface area contributed by atoms with Crippen LogP contribution in [0.15, 0.2) is 46.9 Å². The molecule has 0 aliphatic rings. The van der Waals surface area contributed by atoms with Crippen molar-refractivity contribution in [3.8, 4) is 5.75 Å². The molecule has 6 nitrogen and oxygen atoms in total. The van der Waals surface area contributed by atoms with Crippen LogP contribution in [0.2, 0.25) is 0 Å². The number of methoxy groups -OCH3 is 2. The molecule has 27 heavy (non-hydrogen) atoms. The van der Waals surface area contributed by atoms with Gasteiger partial charge in [-0.1, -0.05) is 17.4 Å². The van der Waals surface area contributed by atoms with Crippen LogP contribution in [0, 0.1) is 0 Å². The third-order valence-electron chi connectivity index (χ3n) is 4.18. The van der Waals surface area contributed by atoms with Crippen LogP contribution in [0.1, 0.15) is 10.4 Å². The number of para-hydroxylation sites is 1. The van der Waals surface area contributed by atoms with Crippen molar-refractivity contribution in [2.24, 2.45) is 4.99 Å². The van der Waals surface area contributed by atoms with Gasteiger partial charge in [-0.05, 0) is 30.3 Å². The molecule has 2 aromatic carbocycles. The summed E-state index contributed by atoms with van der Waals surface area (Å²) in [5.41, 5.74) is 4.13. The van der Waals surface area contributed by atoms with Crippen LogP contribution in [-0.4, -0.2) is 36.3 Å². The third-order valence-corrected chi connectivity index (χ3v) is 6.01. The van der Waals surface area contributed by atoms with E-state index in [1.54, 1.807) is 25.8 Å². The zero-order chi connectivity index (χ0) is 18.8. The summed E-state index contributed by atoms with van der Waals surface area (Å²) in [5, 5.41) is 0. The van der Waals surface area contributed by atoms with Crippen molar-refractivity contribution in [1.82, 2.24) is 9.55 Å². The van der Waals surface area contributed by atoms with E-state index in [1.165, 1.54) is 22.7 Å². The van der Waals surface area contributed by atoms with Gasteiger partial charge in [-0.25, -0.2) is 4.98 Å². The Hall–Kier alpha value is -2.55. The molecular weight excluding hydrogens is 382 g/mol. The summed E-state index contributed by atoms with van der Waals surface area (Å²) >= 11 is 2.97. The monoisotopic (exact) mass is 399 g/mol. The molecule has 0 fully saturated rings. The average molecular weight is 399 g/mol. The summed E-state index contributed by atoms with van der Waals surface area (Å²) in [4.78, 5) is 22.1. The van der Waals surface area contributed by atoms with E-state index in [1.807, 2.05) is 34.9 Å². The molecule has 4 rings (SSSR count). The van der Waals surface area contributed by atoms with Crippen molar-refractivity contribution in [1.29, 1.82) is 0 Å². The van der Waals surface area contributed by atoms with E-state index < -0.39 is 0 Å². The third kappa shape index (κ3) is 3.39. The normalized spacial score (nSPS) is 12.1. The first-order valence-corrected chi connectivity index (χ1v) is 9.98. The second-order valence-corrected chi connectivity index (χ2v) is 7.68. The molecule has 0 spiro atoms. The molecule has 0 aliphatic carbocycles. The van der Waals surface area contributed by atoms with E-state index in [2.05, 4.69) is 9.98 Å². The highest BCUT2D eigenvalue weighted by molar-refractivity contribution is 7.17. The van der Waals surface area contributed by atoms with Gasteiger partial charge in [-0.15, -0.1) is 11.3 Å². The first-order chi connectivity index (χ1) is 13.2. The molecule has 0 atom stereocenters. The maximum atomic E-state index is 12.8. The van der Waals surface area contributed by atoms with Gasteiger partial charge in [-0.3, -0.25) is 4.79 Å². The summed E-state index contributed by atoms with van der Waals surface area (Å²) < 4.78 is 14.7. The van der Waals surface area contributed by atoms with Crippen molar-refractivity contribution in [2.75, 3.05) is 20.8 Å². The van der Waals surface area contributed by atoms with Gasteiger partial charge >= 0.3 is 0 Å². The fourth-order valence-corrected chi connectivity index (χ4v) is 4.67. The first-order valence-electron chi connectivity index (χ1n) is 8.29. The Bertz CT molecular complexity index is 1190. The van der Waals surface area contributed by atoms with E-state index >= 15 is 0 Å². The Morgan fingerprint density at radius 2 is 2.11 bits per heavy atom. The predicted octanol–water partition coefficient (Wildman–Crippen LogP) is 3.71. The zero-order valence-corrected chi connectivity index (χ0v) is 16.5. The highest BCUT2D eigenvalue weighted by Gasteiger charge is 2.13. The number of nitrogens with zero attached hydrogens (tertiary/aromatic N) is 3. The molecule has 4 aromatic rings. The molecule has 2 heterocycles. The van der Waals surface area contributed by atoms with E-state index in [0.29, 0.717) is 23.5 Å². The van der Waals surface area contributed by atoms with Gasteiger partial charge in [0.05, 0.1) is 34.1 Å². The van der Waals surface area contributed by atoms with E-state index in [-0.39, 0.29) is 5.91 Å². The first kappa shape index (κ1) is 17.8. The largest absolute Gasteiger partial charge is 0.495 e. The Morgan fingerprint density at radius 3 is 2.93 bits per heavy atom. The molecule has 138 valence electrons. The topological polar surface area (TPSA) is 65.7 Å². The van der Waals surface area contributed by atoms with Crippen LogP contribution in [0.4, 0.5) is 0 Å². The Balaban J connectivity index is 1.84. The number of rotatable bonds is 5. The Kier molecular flexibility index (Phi) is 5.02. The van der Waals surface area contributed by atoms with E-state index in [0.717, 1.165) is 26.2 Å². The number of amides is 1. The minimum Gasteiger partial charge on any atom is -0.495 e. The Labute approximate surface area is 163 Å². The molecule has 0 bridgehead atoms. The van der Waals surface area contributed by atoms with Crippen LogP contribution in [-0.2, 0) is 11.3 Å². The number of fused-ring (bicyclic) bond motifs is 2. The lowest BCUT2D eigenvalue weighted by Gasteiger charge is -2.07. The van der Waals surface area contributed by atoms with Gasteiger partial charge in [0.25, 0.3) is 5.91 Å². The minimum atomic E-state index is -0.276. The molecule has 0 N–H and O–H groups in total.